The predicted molar refractivity (Wildman–Crippen MR) is 139 cm³/mol. The average molecular weight is 523 g/mol. The lowest BCUT2D eigenvalue weighted by molar-refractivity contribution is -0.154. The summed E-state index contributed by atoms with van der Waals surface area (Å²) in [7, 11) is 0. The number of aromatic nitrogens is 1. The third kappa shape index (κ3) is 6.61. The molecular formula is C27H42N2O6S. The monoisotopic (exact) mass is 522 g/mol. The molecule has 0 aliphatic carbocycles. The number of thiazole rings is 1. The minimum Gasteiger partial charge on any atom is -0.458 e. The molecule has 1 aromatic rings. The van der Waals surface area contributed by atoms with E-state index in [9.17, 15) is 19.8 Å². The van der Waals surface area contributed by atoms with E-state index in [0.717, 1.165) is 35.5 Å². The summed E-state index contributed by atoms with van der Waals surface area (Å²) < 4.78 is 11.9. The van der Waals surface area contributed by atoms with E-state index >= 15 is 0 Å². The van der Waals surface area contributed by atoms with Crippen molar-refractivity contribution in [2.45, 2.75) is 110 Å². The Morgan fingerprint density at radius 2 is 1.97 bits per heavy atom. The van der Waals surface area contributed by atoms with Crippen molar-refractivity contribution in [3.63, 3.8) is 0 Å². The Bertz CT molecular complexity index is 975. The number of epoxide rings is 1. The van der Waals surface area contributed by atoms with Crippen LogP contribution in [0, 0.1) is 17.3 Å². The summed E-state index contributed by atoms with van der Waals surface area (Å²) >= 11 is 1.48. The SMILES string of the molecule is C/C(=C\c1csc(CN)n1)[C@@H]1CC2O[C@]2(C)CCC[C@H](C)[C@H](O)[C@@H](C)C(=O)C(C)(C)C(O)CC(=O)O1. The van der Waals surface area contributed by atoms with Crippen molar-refractivity contribution in [2.24, 2.45) is 23.0 Å². The molecule has 36 heavy (non-hydrogen) atoms. The van der Waals surface area contributed by atoms with Crippen molar-refractivity contribution < 1.29 is 29.3 Å². The topological polar surface area (TPSA) is 135 Å². The Kier molecular flexibility index (Phi) is 9.15. The van der Waals surface area contributed by atoms with Gasteiger partial charge >= 0.3 is 5.97 Å². The number of fused-ring (bicyclic) bond motifs is 1. The molecule has 2 unspecified atom stereocenters. The van der Waals surface area contributed by atoms with Gasteiger partial charge in [0.2, 0.25) is 0 Å². The van der Waals surface area contributed by atoms with Gasteiger partial charge in [-0.3, -0.25) is 9.59 Å². The van der Waals surface area contributed by atoms with Crippen LogP contribution in [0.3, 0.4) is 0 Å². The van der Waals surface area contributed by atoms with Crippen LogP contribution in [0.1, 0.15) is 84.3 Å². The van der Waals surface area contributed by atoms with E-state index in [2.05, 4.69) is 11.9 Å². The van der Waals surface area contributed by atoms with E-state index in [0.29, 0.717) is 13.0 Å². The number of nitrogens with zero attached hydrogens (tertiary/aromatic N) is 1. The van der Waals surface area contributed by atoms with Gasteiger partial charge < -0.3 is 25.4 Å². The largest absolute Gasteiger partial charge is 0.458 e. The normalized spacial score (nSPS) is 36.8. The second-order valence-electron chi connectivity index (χ2n) is 11.3. The van der Waals surface area contributed by atoms with Gasteiger partial charge in [0.25, 0.3) is 0 Å². The van der Waals surface area contributed by atoms with Crippen LogP contribution < -0.4 is 5.73 Å². The molecular weight excluding hydrogens is 480 g/mol. The van der Waals surface area contributed by atoms with Crippen LogP contribution in [0.25, 0.3) is 6.08 Å². The Morgan fingerprint density at radius 1 is 1.28 bits per heavy atom. The van der Waals surface area contributed by atoms with Crippen LogP contribution in [0.4, 0.5) is 0 Å². The summed E-state index contributed by atoms with van der Waals surface area (Å²) in [6.07, 6.45) is 1.80. The zero-order valence-electron chi connectivity index (χ0n) is 22.3. The summed E-state index contributed by atoms with van der Waals surface area (Å²) in [5, 5.41) is 24.5. The number of cyclic esters (lactones) is 1. The van der Waals surface area contributed by atoms with Gasteiger partial charge in [0.15, 0.2) is 0 Å². The molecule has 1 aromatic heterocycles. The molecule has 0 radical (unpaired) electrons. The van der Waals surface area contributed by atoms with Gasteiger partial charge in [-0.15, -0.1) is 11.3 Å². The molecule has 3 heterocycles. The number of carbonyl (C=O) groups excluding carboxylic acids is 2. The number of hydrogen-bond donors (Lipinski definition) is 3. The smallest absolute Gasteiger partial charge is 0.309 e. The number of rotatable bonds is 3. The van der Waals surface area contributed by atoms with Crippen LogP contribution in [0.15, 0.2) is 11.0 Å². The Balaban J connectivity index is 1.85. The first-order valence-electron chi connectivity index (χ1n) is 12.9. The van der Waals surface area contributed by atoms with E-state index in [4.69, 9.17) is 15.2 Å². The molecule has 0 saturated carbocycles. The van der Waals surface area contributed by atoms with Gasteiger partial charge in [-0.25, -0.2) is 4.98 Å². The molecule has 202 valence electrons. The summed E-state index contributed by atoms with van der Waals surface area (Å²) in [6.45, 7) is 11.2. The number of ketones is 1. The van der Waals surface area contributed by atoms with Gasteiger partial charge in [0.05, 0.1) is 41.4 Å². The zero-order chi connectivity index (χ0) is 26.8. The Labute approximate surface area is 218 Å². The molecule has 2 saturated heterocycles. The molecule has 8 nitrogen and oxygen atoms in total. The standard InChI is InChI=1S/C27H42N2O6S/c1-15-8-7-9-27(6)21(35-27)11-19(16(2)10-18-14-36-22(13-28)29-18)34-23(31)12-20(30)26(4,5)25(33)17(3)24(15)32/h10,14-15,17,19-21,24,30,32H,7-9,11-13,28H2,1-6H3/b16-10+/t15-,17+,19-,20?,21?,24-,27+/m0/s1. The van der Waals surface area contributed by atoms with Crippen molar-refractivity contribution in [3.8, 4) is 0 Å². The summed E-state index contributed by atoms with van der Waals surface area (Å²) in [4.78, 5) is 30.7. The molecule has 2 fully saturated rings. The lowest BCUT2D eigenvalue weighted by atomic mass is 9.73. The van der Waals surface area contributed by atoms with Crippen molar-refractivity contribution in [2.75, 3.05) is 0 Å². The highest BCUT2D eigenvalue weighted by Gasteiger charge is 2.53. The van der Waals surface area contributed by atoms with E-state index < -0.39 is 35.6 Å². The maximum atomic E-state index is 13.2. The number of carbonyl (C=O) groups is 2. The maximum absolute atomic E-state index is 13.2. The number of ether oxygens (including phenoxy) is 2. The highest BCUT2D eigenvalue weighted by atomic mass is 32.1. The minimum atomic E-state index is -1.24. The minimum absolute atomic E-state index is 0.0660. The van der Waals surface area contributed by atoms with Gasteiger partial charge in [-0.05, 0) is 44.3 Å². The van der Waals surface area contributed by atoms with E-state index in [1.165, 1.54) is 11.3 Å². The molecule has 7 atom stereocenters. The predicted octanol–water partition coefficient (Wildman–Crippen LogP) is 3.63. The van der Waals surface area contributed by atoms with Gasteiger partial charge in [-0.2, -0.15) is 0 Å². The van der Waals surface area contributed by atoms with Crippen LogP contribution in [-0.4, -0.2) is 57.0 Å². The second kappa shape index (κ2) is 11.4. The van der Waals surface area contributed by atoms with E-state index in [1.807, 2.05) is 25.3 Å². The van der Waals surface area contributed by atoms with Crippen molar-refractivity contribution in [1.29, 1.82) is 0 Å². The lowest BCUT2D eigenvalue weighted by Gasteiger charge is -2.34. The first-order valence-corrected chi connectivity index (χ1v) is 13.8. The zero-order valence-corrected chi connectivity index (χ0v) is 23.1. The third-order valence-corrected chi connectivity index (χ3v) is 8.92. The van der Waals surface area contributed by atoms with Crippen molar-refractivity contribution in [1.82, 2.24) is 4.98 Å². The van der Waals surface area contributed by atoms with Crippen LogP contribution in [0.5, 0.6) is 0 Å². The molecule has 4 N–H and O–H groups in total. The molecule has 2 aliphatic rings. The Morgan fingerprint density at radius 3 is 2.61 bits per heavy atom. The van der Waals surface area contributed by atoms with Crippen molar-refractivity contribution >= 4 is 29.2 Å². The molecule has 0 bridgehead atoms. The molecule has 0 aromatic carbocycles. The van der Waals surface area contributed by atoms with Crippen LogP contribution in [0.2, 0.25) is 0 Å². The molecule has 0 amide bonds. The van der Waals surface area contributed by atoms with Crippen molar-refractivity contribution in [3.05, 3.63) is 21.7 Å². The van der Waals surface area contributed by atoms with Crippen LogP contribution >= 0.6 is 11.3 Å². The fourth-order valence-corrected chi connectivity index (χ4v) is 5.74. The quantitative estimate of drug-likeness (QED) is 0.405. The highest BCUT2D eigenvalue weighted by Crippen LogP contribution is 2.45. The Hall–Kier alpha value is -1.65. The summed E-state index contributed by atoms with van der Waals surface area (Å²) in [5.41, 5.74) is 5.74. The number of esters is 1. The van der Waals surface area contributed by atoms with Gasteiger partial charge in [0, 0.05) is 24.3 Å². The van der Waals surface area contributed by atoms with Gasteiger partial charge in [-0.1, -0.05) is 34.1 Å². The first-order chi connectivity index (χ1) is 16.8. The fraction of sp³-hybridized carbons (Fsp3) is 0.741. The lowest BCUT2D eigenvalue weighted by Crippen LogP contribution is -2.45. The summed E-state index contributed by atoms with van der Waals surface area (Å²) in [6, 6.07) is 0. The molecule has 2 aliphatic heterocycles. The maximum Gasteiger partial charge on any atom is 0.309 e. The number of nitrogens with two attached hydrogens (primary N) is 1. The van der Waals surface area contributed by atoms with Gasteiger partial charge in [0.1, 0.15) is 16.9 Å². The molecule has 3 rings (SSSR count). The fourth-order valence-electron chi connectivity index (χ4n) is 5.11. The highest BCUT2D eigenvalue weighted by molar-refractivity contribution is 7.09. The van der Waals surface area contributed by atoms with E-state index in [-0.39, 0.29) is 29.8 Å². The molecule has 9 heteroatoms. The summed E-state index contributed by atoms with van der Waals surface area (Å²) in [5.74, 6) is -1.59. The number of Topliss-reactive ketones (excluding diaryl/α,β-unsaturated/α-hetero) is 1. The molecule has 0 spiro atoms. The first kappa shape index (κ1) is 28.9. The average Bonchev–Trinajstić information content (AvgIpc) is 3.23. The van der Waals surface area contributed by atoms with E-state index in [1.54, 1.807) is 20.8 Å². The third-order valence-electron chi connectivity index (χ3n) is 8.03. The second-order valence-corrected chi connectivity index (χ2v) is 12.3. The number of aliphatic hydroxyl groups excluding tert-OH is 2. The van der Waals surface area contributed by atoms with Crippen LogP contribution in [-0.2, 0) is 25.6 Å². The number of aliphatic hydroxyl groups is 2. The number of hydrogen-bond acceptors (Lipinski definition) is 9.